The standard InChI is InChI=1S/C24H27NO6S/c1-16-10-12-19(13-11-16)32(29,30)25-21(27)14-20(18-8-6-5-7-9-18)22(28)23(25)24(3,4)15-31-17(2)26/h5-14,21,23,27H,15H2,1-4H3/t21-,23+/m1/s1. The van der Waals surface area contributed by atoms with Gasteiger partial charge in [0.05, 0.1) is 17.5 Å². The number of ketones is 1. The highest BCUT2D eigenvalue weighted by molar-refractivity contribution is 7.89. The van der Waals surface area contributed by atoms with Gasteiger partial charge in [-0.25, -0.2) is 8.42 Å². The van der Waals surface area contributed by atoms with Gasteiger partial charge >= 0.3 is 5.97 Å². The lowest BCUT2D eigenvalue weighted by atomic mass is 9.78. The van der Waals surface area contributed by atoms with E-state index in [1.807, 2.05) is 6.92 Å². The molecular weight excluding hydrogens is 430 g/mol. The molecular formula is C24H27NO6S. The molecule has 0 aliphatic carbocycles. The number of aliphatic hydroxyl groups is 1. The zero-order valence-electron chi connectivity index (χ0n) is 18.5. The van der Waals surface area contributed by atoms with E-state index in [-0.39, 0.29) is 17.1 Å². The number of aryl methyl sites for hydroxylation is 1. The highest BCUT2D eigenvalue weighted by Gasteiger charge is 2.51. The average Bonchev–Trinajstić information content (AvgIpc) is 2.74. The summed E-state index contributed by atoms with van der Waals surface area (Å²) < 4.78 is 33.1. The van der Waals surface area contributed by atoms with Crippen molar-refractivity contribution < 1.29 is 27.9 Å². The number of nitrogens with zero attached hydrogens (tertiary/aromatic N) is 1. The summed E-state index contributed by atoms with van der Waals surface area (Å²) in [5.74, 6) is -1.03. The van der Waals surface area contributed by atoms with E-state index in [0.29, 0.717) is 5.56 Å². The molecule has 2 aromatic rings. The maximum atomic E-state index is 13.7. The Hall–Kier alpha value is -2.81. The van der Waals surface area contributed by atoms with Gasteiger partial charge < -0.3 is 9.84 Å². The van der Waals surface area contributed by atoms with Crippen LogP contribution in [0.3, 0.4) is 0 Å². The fraction of sp³-hybridized carbons (Fsp3) is 0.333. The van der Waals surface area contributed by atoms with Gasteiger partial charge in [0.25, 0.3) is 0 Å². The second kappa shape index (κ2) is 8.97. The Kier molecular flexibility index (Phi) is 6.69. The molecule has 0 spiro atoms. The minimum absolute atomic E-state index is 0.0419. The fourth-order valence-electron chi connectivity index (χ4n) is 3.76. The molecule has 0 amide bonds. The molecule has 0 unspecified atom stereocenters. The lowest BCUT2D eigenvalue weighted by Gasteiger charge is -2.44. The third-order valence-electron chi connectivity index (χ3n) is 5.41. The second-order valence-corrected chi connectivity index (χ2v) is 10.4. The first-order chi connectivity index (χ1) is 14.9. The minimum Gasteiger partial charge on any atom is -0.465 e. The summed E-state index contributed by atoms with van der Waals surface area (Å²) in [6.07, 6.45) is -0.335. The first-order valence-electron chi connectivity index (χ1n) is 10.2. The quantitative estimate of drug-likeness (QED) is 0.670. The van der Waals surface area contributed by atoms with Gasteiger partial charge in [0.2, 0.25) is 10.0 Å². The molecule has 2 atom stereocenters. The fourth-order valence-corrected chi connectivity index (χ4v) is 5.48. The van der Waals surface area contributed by atoms with Crippen molar-refractivity contribution in [1.29, 1.82) is 0 Å². The summed E-state index contributed by atoms with van der Waals surface area (Å²) in [6, 6.07) is 13.6. The zero-order valence-corrected chi connectivity index (χ0v) is 19.3. The predicted molar refractivity (Wildman–Crippen MR) is 120 cm³/mol. The van der Waals surface area contributed by atoms with Crippen molar-refractivity contribution in [2.45, 2.75) is 44.9 Å². The van der Waals surface area contributed by atoms with Crippen LogP contribution in [0.5, 0.6) is 0 Å². The summed E-state index contributed by atoms with van der Waals surface area (Å²) >= 11 is 0. The number of benzene rings is 2. The zero-order chi connectivity index (χ0) is 23.7. The van der Waals surface area contributed by atoms with Crippen molar-refractivity contribution in [2.75, 3.05) is 6.61 Å². The molecule has 1 N–H and O–H groups in total. The number of hydrogen-bond acceptors (Lipinski definition) is 6. The Morgan fingerprint density at radius 2 is 1.69 bits per heavy atom. The topological polar surface area (TPSA) is 101 Å². The molecule has 0 saturated carbocycles. The Morgan fingerprint density at radius 1 is 1.09 bits per heavy atom. The van der Waals surface area contributed by atoms with Crippen molar-refractivity contribution in [3.05, 3.63) is 71.8 Å². The van der Waals surface area contributed by atoms with Crippen LogP contribution in [0.25, 0.3) is 5.57 Å². The molecule has 0 radical (unpaired) electrons. The first-order valence-corrected chi connectivity index (χ1v) is 11.6. The molecule has 1 aliphatic rings. The highest BCUT2D eigenvalue weighted by atomic mass is 32.2. The first kappa shape index (κ1) is 23.8. The largest absolute Gasteiger partial charge is 0.465 e. The summed E-state index contributed by atoms with van der Waals surface area (Å²) in [6.45, 7) is 6.14. The van der Waals surface area contributed by atoms with E-state index in [9.17, 15) is 23.1 Å². The number of carbonyl (C=O) groups is 2. The van der Waals surface area contributed by atoms with E-state index in [2.05, 4.69) is 0 Å². The van der Waals surface area contributed by atoms with Gasteiger partial charge in [-0.2, -0.15) is 4.31 Å². The Bertz CT molecular complexity index is 1140. The van der Waals surface area contributed by atoms with Crippen molar-refractivity contribution in [2.24, 2.45) is 5.41 Å². The Balaban J connectivity index is 2.16. The smallest absolute Gasteiger partial charge is 0.302 e. The monoisotopic (exact) mass is 457 g/mol. The number of sulfonamides is 1. The van der Waals surface area contributed by atoms with Crippen LogP contribution in [0.2, 0.25) is 0 Å². The van der Waals surface area contributed by atoms with Crippen molar-refractivity contribution in [3.63, 3.8) is 0 Å². The van der Waals surface area contributed by atoms with E-state index in [0.717, 1.165) is 9.87 Å². The maximum absolute atomic E-state index is 13.7. The molecule has 1 aliphatic heterocycles. The van der Waals surface area contributed by atoms with Crippen LogP contribution in [-0.2, 0) is 24.3 Å². The number of hydrogen-bond donors (Lipinski definition) is 1. The second-order valence-electron chi connectivity index (χ2n) is 8.54. The molecule has 2 aromatic carbocycles. The van der Waals surface area contributed by atoms with E-state index >= 15 is 0 Å². The molecule has 1 heterocycles. The molecule has 8 heteroatoms. The van der Waals surface area contributed by atoms with Gasteiger partial charge in [0.15, 0.2) is 5.78 Å². The number of carbonyl (C=O) groups excluding carboxylic acids is 2. The highest BCUT2D eigenvalue weighted by Crippen LogP contribution is 2.39. The van der Waals surface area contributed by atoms with Crippen LogP contribution in [0.4, 0.5) is 0 Å². The molecule has 0 saturated heterocycles. The van der Waals surface area contributed by atoms with Gasteiger partial charge in [-0.3, -0.25) is 9.59 Å². The summed E-state index contributed by atoms with van der Waals surface area (Å²) in [4.78, 5) is 25.1. The van der Waals surface area contributed by atoms with Crippen LogP contribution in [0, 0.1) is 12.3 Å². The predicted octanol–water partition coefficient (Wildman–Crippen LogP) is 2.93. The minimum atomic E-state index is -4.26. The van der Waals surface area contributed by atoms with Crippen LogP contribution in [0.1, 0.15) is 31.9 Å². The molecule has 3 rings (SSSR count). The van der Waals surface area contributed by atoms with E-state index in [1.54, 1.807) is 56.3 Å². The van der Waals surface area contributed by atoms with Crippen LogP contribution in [0.15, 0.2) is 65.6 Å². The van der Waals surface area contributed by atoms with Crippen molar-refractivity contribution >= 4 is 27.3 Å². The molecule has 32 heavy (non-hydrogen) atoms. The van der Waals surface area contributed by atoms with E-state index in [4.69, 9.17) is 4.74 Å². The van der Waals surface area contributed by atoms with Gasteiger partial charge in [-0.15, -0.1) is 0 Å². The number of esters is 1. The number of Topliss-reactive ketones (excluding diaryl/α,β-unsaturated/α-hetero) is 1. The number of ether oxygens (including phenoxy) is 1. The maximum Gasteiger partial charge on any atom is 0.302 e. The normalized spacial score (nSPS) is 20.0. The third-order valence-corrected chi connectivity index (χ3v) is 7.26. The average molecular weight is 458 g/mol. The summed E-state index contributed by atoms with van der Waals surface area (Å²) in [5.41, 5.74) is 0.527. The SMILES string of the molecule is CC(=O)OCC(C)(C)[C@@H]1C(=O)C(c2ccccc2)=C[C@@H](O)N1S(=O)(=O)c1ccc(C)cc1. The molecule has 170 valence electrons. The lowest BCUT2D eigenvalue weighted by molar-refractivity contribution is -0.147. The van der Waals surface area contributed by atoms with Crippen LogP contribution >= 0.6 is 0 Å². The molecule has 0 aromatic heterocycles. The van der Waals surface area contributed by atoms with Crippen molar-refractivity contribution in [1.82, 2.24) is 4.31 Å². The van der Waals surface area contributed by atoms with Gasteiger partial charge in [0.1, 0.15) is 6.23 Å². The van der Waals surface area contributed by atoms with Crippen LogP contribution in [-0.4, -0.2) is 48.5 Å². The number of rotatable bonds is 6. The summed E-state index contributed by atoms with van der Waals surface area (Å²) in [7, 11) is -4.26. The van der Waals surface area contributed by atoms with Gasteiger partial charge in [-0.1, -0.05) is 61.9 Å². The van der Waals surface area contributed by atoms with E-state index < -0.39 is 39.5 Å². The Labute approximate surface area is 188 Å². The van der Waals surface area contributed by atoms with Crippen molar-refractivity contribution in [3.8, 4) is 0 Å². The molecule has 0 fully saturated rings. The van der Waals surface area contributed by atoms with E-state index in [1.165, 1.54) is 25.1 Å². The molecule has 0 bridgehead atoms. The Morgan fingerprint density at radius 3 is 2.25 bits per heavy atom. The van der Waals surface area contributed by atoms with Crippen LogP contribution < -0.4 is 0 Å². The molecule has 7 nitrogen and oxygen atoms in total. The van der Waals surface area contributed by atoms with Gasteiger partial charge in [-0.05, 0) is 30.7 Å². The van der Waals surface area contributed by atoms with Gasteiger partial charge in [0, 0.05) is 17.9 Å². The number of aliphatic hydroxyl groups excluding tert-OH is 1. The summed E-state index contributed by atoms with van der Waals surface area (Å²) in [5, 5.41) is 11.0. The third kappa shape index (κ3) is 4.67. The lowest BCUT2D eigenvalue weighted by Crippen LogP contribution is -2.60.